The molecule has 5 nitrogen and oxygen atoms in total. The van der Waals surface area contributed by atoms with E-state index in [2.05, 4.69) is 15.5 Å². The molecule has 2 N–H and O–H groups in total. The van der Waals surface area contributed by atoms with Crippen LogP contribution in [0.2, 0.25) is 0 Å². The molecule has 7 heteroatoms. The average molecular weight is 316 g/mol. The number of methoxy groups -OCH3 is 1. The van der Waals surface area contributed by atoms with Crippen molar-refractivity contribution in [2.75, 3.05) is 46.9 Å². The van der Waals surface area contributed by atoms with Gasteiger partial charge in [0.25, 0.3) is 0 Å². The fourth-order valence-corrected chi connectivity index (χ4v) is 1.97. The number of carbonyl (C=O) groups excluding carboxylic acids is 1. The molecule has 0 radical (unpaired) electrons. The summed E-state index contributed by atoms with van der Waals surface area (Å²) < 4.78 is 4.99. The maximum atomic E-state index is 11.6. The normalized spacial score (nSPS) is 17.7. The van der Waals surface area contributed by atoms with E-state index in [9.17, 15) is 4.79 Å². The highest BCUT2D eigenvalue weighted by atomic mass is 35.5. The van der Waals surface area contributed by atoms with Crippen LogP contribution in [-0.2, 0) is 9.53 Å². The summed E-state index contributed by atoms with van der Waals surface area (Å²) in [5, 5.41) is 6.28. The van der Waals surface area contributed by atoms with E-state index in [-0.39, 0.29) is 30.7 Å². The van der Waals surface area contributed by atoms with Gasteiger partial charge in [0.1, 0.15) is 0 Å². The smallest absolute Gasteiger partial charge is 0.221 e. The molecule has 0 aromatic carbocycles. The summed E-state index contributed by atoms with van der Waals surface area (Å²) >= 11 is 0. The van der Waals surface area contributed by atoms with E-state index in [1.165, 1.54) is 6.42 Å². The number of carbonyl (C=O) groups is 1. The minimum absolute atomic E-state index is 0. The molecule has 1 aliphatic rings. The standard InChI is InChI=1S/C12H25N3O2.2ClH/c1-15(8-9-17-2)7-6-14-12(16)10-11-4-3-5-13-11;;/h11,13H,3-10H2,1-2H3,(H,14,16);2*1H. The Labute approximate surface area is 128 Å². The van der Waals surface area contributed by atoms with Gasteiger partial charge in [-0.3, -0.25) is 4.79 Å². The Bertz CT molecular complexity index is 227. The lowest BCUT2D eigenvalue weighted by molar-refractivity contribution is -0.121. The average Bonchev–Trinajstić information content (AvgIpc) is 2.79. The lowest BCUT2D eigenvalue weighted by atomic mass is 10.1. The maximum Gasteiger partial charge on any atom is 0.221 e. The van der Waals surface area contributed by atoms with Crippen LogP contribution >= 0.6 is 24.8 Å². The molecule has 1 amide bonds. The predicted molar refractivity (Wildman–Crippen MR) is 82.5 cm³/mol. The van der Waals surface area contributed by atoms with Crippen molar-refractivity contribution in [2.24, 2.45) is 0 Å². The molecule has 1 heterocycles. The van der Waals surface area contributed by atoms with Crippen molar-refractivity contribution in [2.45, 2.75) is 25.3 Å². The minimum Gasteiger partial charge on any atom is -0.383 e. The third kappa shape index (κ3) is 10.4. The van der Waals surface area contributed by atoms with Gasteiger partial charge in [0.15, 0.2) is 0 Å². The second-order valence-electron chi connectivity index (χ2n) is 4.64. The Morgan fingerprint density at radius 2 is 2.16 bits per heavy atom. The van der Waals surface area contributed by atoms with Crippen molar-refractivity contribution in [3.63, 3.8) is 0 Å². The summed E-state index contributed by atoms with van der Waals surface area (Å²) in [7, 11) is 3.73. The number of rotatable bonds is 8. The minimum atomic E-state index is 0. The van der Waals surface area contributed by atoms with Gasteiger partial charge in [-0.1, -0.05) is 0 Å². The molecule has 0 bridgehead atoms. The quantitative estimate of drug-likeness (QED) is 0.691. The van der Waals surface area contributed by atoms with Crippen LogP contribution in [0.15, 0.2) is 0 Å². The highest BCUT2D eigenvalue weighted by molar-refractivity contribution is 5.85. The van der Waals surface area contributed by atoms with Crippen LogP contribution in [0.4, 0.5) is 0 Å². The molecule has 1 saturated heterocycles. The zero-order valence-electron chi connectivity index (χ0n) is 11.8. The molecule has 1 atom stereocenters. The van der Waals surface area contributed by atoms with Crippen molar-refractivity contribution in [3.05, 3.63) is 0 Å². The van der Waals surface area contributed by atoms with Gasteiger partial charge in [-0.05, 0) is 26.4 Å². The number of nitrogens with one attached hydrogen (secondary N) is 2. The van der Waals surface area contributed by atoms with E-state index in [0.29, 0.717) is 19.0 Å². The first-order valence-corrected chi connectivity index (χ1v) is 6.40. The molecule has 0 aliphatic carbocycles. The van der Waals surface area contributed by atoms with Gasteiger partial charge in [0.05, 0.1) is 6.61 Å². The van der Waals surface area contributed by atoms with Gasteiger partial charge < -0.3 is 20.3 Å². The number of hydrogen-bond acceptors (Lipinski definition) is 4. The number of amides is 1. The maximum absolute atomic E-state index is 11.6. The molecule has 1 fully saturated rings. The van der Waals surface area contributed by atoms with Gasteiger partial charge in [-0.2, -0.15) is 0 Å². The second kappa shape index (κ2) is 12.9. The largest absolute Gasteiger partial charge is 0.383 e. The summed E-state index contributed by atoms with van der Waals surface area (Å²) in [6, 6.07) is 0.390. The molecular weight excluding hydrogens is 289 g/mol. The number of halogens is 2. The molecule has 0 saturated carbocycles. The molecule has 19 heavy (non-hydrogen) atoms. The Kier molecular flexibility index (Phi) is 14.5. The Morgan fingerprint density at radius 3 is 2.74 bits per heavy atom. The van der Waals surface area contributed by atoms with Crippen LogP contribution in [0.25, 0.3) is 0 Å². The molecular formula is C12H27Cl2N3O2. The molecule has 116 valence electrons. The van der Waals surface area contributed by atoms with Crippen LogP contribution < -0.4 is 10.6 Å². The lowest BCUT2D eigenvalue weighted by Gasteiger charge is -2.16. The van der Waals surface area contributed by atoms with E-state index in [1.54, 1.807) is 7.11 Å². The van der Waals surface area contributed by atoms with Gasteiger partial charge >= 0.3 is 0 Å². The summed E-state index contributed by atoms with van der Waals surface area (Å²) in [6.45, 7) is 4.27. The van der Waals surface area contributed by atoms with Crippen LogP contribution in [0, 0.1) is 0 Å². The van der Waals surface area contributed by atoms with Crippen molar-refractivity contribution in [1.29, 1.82) is 0 Å². The molecule has 0 aromatic rings. The van der Waals surface area contributed by atoms with Crippen molar-refractivity contribution in [3.8, 4) is 0 Å². The van der Waals surface area contributed by atoms with E-state index < -0.39 is 0 Å². The predicted octanol–water partition coefficient (Wildman–Crippen LogP) is 0.666. The van der Waals surface area contributed by atoms with E-state index in [1.807, 2.05) is 7.05 Å². The first-order chi connectivity index (χ1) is 8.22. The topological polar surface area (TPSA) is 53.6 Å². The van der Waals surface area contributed by atoms with Gasteiger partial charge in [-0.15, -0.1) is 24.8 Å². The SMILES string of the molecule is COCCN(C)CCNC(=O)CC1CCCN1.Cl.Cl. The highest BCUT2D eigenvalue weighted by Crippen LogP contribution is 2.07. The monoisotopic (exact) mass is 315 g/mol. The Balaban J connectivity index is 0. The number of nitrogens with zero attached hydrogens (tertiary/aromatic N) is 1. The molecule has 0 spiro atoms. The third-order valence-corrected chi connectivity index (χ3v) is 3.09. The van der Waals surface area contributed by atoms with E-state index in [0.717, 1.165) is 32.7 Å². The van der Waals surface area contributed by atoms with Crippen LogP contribution in [0.5, 0.6) is 0 Å². The third-order valence-electron chi connectivity index (χ3n) is 3.09. The molecule has 1 rings (SSSR count). The number of hydrogen-bond donors (Lipinski definition) is 2. The first kappa shape index (κ1) is 21.2. The van der Waals surface area contributed by atoms with Gasteiger partial charge in [0.2, 0.25) is 5.91 Å². The van der Waals surface area contributed by atoms with E-state index in [4.69, 9.17) is 4.74 Å². The second-order valence-corrected chi connectivity index (χ2v) is 4.64. The van der Waals surface area contributed by atoms with Crippen molar-refractivity contribution < 1.29 is 9.53 Å². The summed E-state index contributed by atoms with van der Waals surface area (Å²) in [6.07, 6.45) is 2.93. The summed E-state index contributed by atoms with van der Waals surface area (Å²) in [4.78, 5) is 13.8. The van der Waals surface area contributed by atoms with Crippen LogP contribution in [-0.4, -0.2) is 63.8 Å². The molecule has 1 aliphatic heterocycles. The van der Waals surface area contributed by atoms with Crippen molar-refractivity contribution >= 4 is 30.7 Å². The molecule has 0 aromatic heterocycles. The van der Waals surface area contributed by atoms with Gasteiger partial charge in [-0.25, -0.2) is 0 Å². The summed E-state index contributed by atoms with van der Waals surface area (Å²) in [5.41, 5.74) is 0. The number of likely N-dealkylation sites (N-methyl/N-ethyl adjacent to an activating group) is 1. The fraction of sp³-hybridized carbons (Fsp3) is 0.917. The van der Waals surface area contributed by atoms with Crippen LogP contribution in [0.1, 0.15) is 19.3 Å². The fourth-order valence-electron chi connectivity index (χ4n) is 1.97. The first-order valence-electron chi connectivity index (χ1n) is 6.40. The Morgan fingerprint density at radius 1 is 1.42 bits per heavy atom. The zero-order valence-corrected chi connectivity index (χ0v) is 13.4. The summed E-state index contributed by atoms with van der Waals surface area (Å²) in [5.74, 6) is 0.157. The van der Waals surface area contributed by atoms with Crippen LogP contribution in [0.3, 0.4) is 0 Å². The van der Waals surface area contributed by atoms with Crippen molar-refractivity contribution in [1.82, 2.24) is 15.5 Å². The lowest BCUT2D eigenvalue weighted by Crippen LogP contribution is -2.37. The number of ether oxygens (including phenoxy) is 1. The highest BCUT2D eigenvalue weighted by Gasteiger charge is 2.17. The zero-order chi connectivity index (χ0) is 12.5. The van der Waals surface area contributed by atoms with Gasteiger partial charge in [0, 0.05) is 39.2 Å². The van der Waals surface area contributed by atoms with E-state index >= 15 is 0 Å². The molecule has 1 unspecified atom stereocenters. The Hall–Kier alpha value is -0.0700.